The molecule has 96 valence electrons. The Kier molecular flexibility index (Phi) is 8.71. The number of ether oxygens (including phenoxy) is 3. The highest BCUT2D eigenvalue weighted by molar-refractivity contribution is 4.68. The van der Waals surface area contributed by atoms with Crippen molar-refractivity contribution in [3.63, 3.8) is 0 Å². The quantitative estimate of drug-likeness (QED) is 0.602. The summed E-state index contributed by atoms with van der Waals surface area (Å²) in [6, 6.07) is 0. The highest BCUT2D eigenvalue weighted by Crippen LogP contribution is 2.13. The SMILES string of the molecule is COCCOCCOCC[C@H]1CCCNC1. The van der Waals surface area contributed by atoms with Gasteiger partial charge in [0.2, 0.25) is 0 Å². The molecule has 0 aromatic carbocycles. The zero-order chi connectivity index (χ0) is 11.5. The van der Waals surface area contributed by atoms with Gasteiger partial charge in [-0.2, -0.15) is 0 Å². The van der Waals surface area contributed by atoms with Crippen LogP contribution in [0.2, 0.25) is 0 Å². The first-order valence-electron chi connectivity index (χ1n) is 6.28. The average Bonchev–Trinajstić information content (AvgIpc) is 2.34. The maximum atomic E-state index is 5.52. The van der Waals surface area contributed by atoms with Crippen molar-refractivity contribution in [3.05, 3.63) is 0 Å². The molecule has 4 nitrogen and oxygen atoms in total. The van der Waals surface area contributed by atoms with Crippen molar-refractivity contribution in [2.75, 3.05) is 53.2 Å². The van der Waals surface area contributed by atoms with Crippen molar-refractivity contribution >= 4 is 0 Å². The molecule has 1 aliphatic heterocycles. The number of methoxy groups -OCH3 is 1. The van der Waals surface area contributed by atoms with Gasteiger partial charge in [-0.3, -0.25) is 0 Å². The van der Waals surface area contributed by atoms with E-state index in [0.717, 1.165) is 19.1 Å². The fourth-order valence-electron chi connectivity index (χ4n) is 1.88. The van der Waals surface area contributed by atoms with Crippen LogP contribution in [0.3, 0.4) is 0 Å². The van der Waals surface area contributed by atoms with Gasteiger partial charge in [-0.1, -0.05) is 0 Å². The molecule has 1 heterocycles. The van der Waals surface area contributed by atoms with Crippen LogP contribution >= 0.6 is 0 Å². The molecule has 4 heteroatoms. The van der Waals surface area contributed by atoms with Crippen LogP contribution in [0.15, 0.2) is 0 Å². The van der Waals surface area contributed by atoms with Gasteiger partial charge in [0.15, 0.2) is 0 Å². The largest absolute Gasteiger partial charge is 0.382 e. The highest BCUT2D eigenvalue weighted by atomic mass is 16.5. The summed E-state index contributed by atoms with van der Waals surface area (Å²) >= 11 is 0. The van der Waals surface area contributed by atoms with Crippen molar-refractivity contribution < 1.29 is 14.2 Å². The zero-order valence-corrected chi connectivity index (χ0v) is 10.4. The Morgan fingerprint density at radius 1 is 1.06 bits per heavy atom. The zero-order valence-electron chi connectivity index (χ0n) is 10.4. The van der Waals surface area contributed by atoms with Gasteiger partial charge in [-0.05, 0) is 38.3 Å². The fraction of sp³-hybridized carbons (Fsp3) is 1.00. The Balaban J connectivity index is 1.77. The first-order valence-corrected chi connectivity index (χ1v) is 6.28. The molecule has 0 amide bonds. The van der Waals surface area contributed by atoms with Crippen molar-refractivity contribution in [1.82, 2.24) is 5.32 Å². The molecule has 1 rings (SSSR count). The summed E-state index contributed by atoms with van der Waals surface area (Å²) in [5.41, 5.74) is 0. The molecule has 0 unspecified atom stereocenters. The molecule has 1 atom stereocenters. The Morgan fingerprint density at radius 3 is 2.50 bits per heavy atom. The molecule has 0 spiro atoms. The second-order valence-corrected chi connectivity index (χ2v) is 4.22. The molecule has 1 saturated heterocycles. The number of hydrogen-bond donors (Lipinski definition) is 1. The molecule has 1 aliphatic rings. The van der Waals surface area contributed by atoms with Crippen molar-refractivity contribution in [2.45, 2.75) is 19.3 Å². The summed E-state index contributed by atoms with van der Waals surface area (Å²) in [4.78, 5) is 0. The van der Waals surface area contributed by atoms with E-state index in [4.69, 9.17) is 14.2 Å². The molecule has 0 saturated carbocycles. The van der Waals surface area contributed by atoms with E-state index in [2.05, 4.69) is 5.32 Å². The van der Waals surface area contributed by atoms with E-state index in [1.165, 1.54) is 25.8 Å². The normalized spacial score (nSPS) is 21.2. The molecule has 1 N–H and O–H groups in total. The van der Waals surface area contributed by atoms with E-state index in [9.17, 15) is 0 Å². The number of rotatable bonds is 9. The first-order chi connectivity index (χ1) is 7.93. The molecular weight excluding hydrogens is 206 g/mol. The van der Waals surface area contributed by atoms with Crippen LogP contribution in [0.25, 0.3) is 0 Å². The summed E-state index contributed by atoms with van der Waals surface area (Å²) in [6.45, 7) is 5.90. The third-order valence-electron chi connectivity index (χ3n) is 2.87. The number of nitrogens with one attached hydrogen (secondary N) is 1. The van der Waals surface area contributed by atoms with Crippen LogP contribution in [0, 0.1) is 5.92 Å². The predicted molar refractivity (Wildman–Crippen MR) is 63.7 cm³/mol. The topological polar surface area (TPSA) is 39.7 Å². The maximum Gasteiger partial charge on any atom is 0.0701 e. The van der Waals surface area contributed by atoms with Crippen molar-refractivity contribution in [2.24, 2.45) is 5.92 Å². The molecule has 16 heavy (non-hydrogen) atoms. The van der Waals surface area contributed by atoms with E-state index < -0.39 is 0 Å². The summed E-state index contributed by atoms with van der Waals surface area (Å²) < 4.78 is 15.7. The summed E-state index contributed by atoms with van der Waals surface area (Å²) in [5, 5.41) is 3.42. The smallest absolute Gasteiger partial charge is 0.0701 e. The number of hydrogen-bond acceptors (Lipinski definition) is 4. The van der Waals surface area contributed by atoms with Crippen LogP contribution in [0.5, 0.6) is 0 Å². The van der Waals surface area contributed by atoms with Crippen molar-refractivity contribution in [1.29, 1.82) is 0 Å². The minimum atomic E-state index is 0.659. The van der Waals surface area contributed by atoms with E-state index in [0.29, 0.717) is 26.4 Å². The lowest BCUT2D eigenvalue weighted by Gasteiger charge is -2.22. The Bertz CT molecular complexity index is 149. The Labute approximate surface area is 98.6 Å². The molecule has 0 aliphatic carbocycles. The average molecular weight is 231 g/mol. The molecule has 0 bridgehead atoms. The van der Waals surface area contributed by atoms with Crippen LogP contribution < -0.4 is 5.32 Å². The van der Waals surface area contributed by atoms with Crippen LogP contribution in [-0.2, 0) is 14.2 Å². The van der Waals surface area contributed by atoms with Gasteiger partial charge in [0, 0.05) is 13.7 Å². The van der Waals surface area contributed by atoms with Crippen LogP contribution in [0.4, 0.5) is 0 Å². The monoisotopic (exact) mass is 231 g/mol. The number of piperidine rings is 1. The van der Waals surface area contributed by atoms with E-state index in [-0.39, 0.29) is 0 Å². The minimum absolute atomic E-state index is 0.659. The Morgan fingerprint density at radius 2 is 1.81 bits per heavy atom. The molecule has 0 radical (unpaired) electrons. The second-order valence-electron chi connectivity index (χ2n) is 4.22. The van der Waals surface area contributed by atoms with Crippen molar-refractivity contribution in [3.8, 4) is 0 Å². The third-order valence-corrected chi connectivity index (χ3v) is 2.87. The van der Waals surface area contributed by atoms with Gasteiger partial charge < -0.3 is 19.5 Å². The van der Waals surface area contributed by atoms with Crippen LogP contribution in [-0.4, -0.2) is 53.2 Å². The minimum Gasteiger partial charge on any atom is -0.382 e. The molecule has 1 fully saturated rings. The van der Waals surface area contributed by atoms with E-state index in [1.54, 1.807) is 7.11 Å². The second kappa shape index (κ2) is 10.0. The first kappa shape index (κ1) is 13.9. The Hall–Kier alpha value is -0.160. The van der Waals surface area contributed by atoms with Gasteiger partial charge >= 0.3 is 0 Å². The highest BCUT2D eigenvalue weighted by Gasteiger charge is 2.11. The summed E-state index contributed by atoms with van der Waals surface area (Å²) in [7, 11) is 1.68. The lowest BCUT2D eigenvalue weighted by atomic mass is 9.97. The lowest BCUT2D eigenvalue weighted by Crippen LogP contribution is -2.30. The molecular formula is C12H25NO3. The van der Waals surface area contributed by atoms with Gasteiger partial charge in [-0.25, -0.2) is 0 Å². The van der Waals surface area contributed by atoms with Crippen LogP contribution in [0.1, 0.15) is 19.3 Å². The summed E-state index contributed by atoms with van der Waals surface area (Å²) in [6.07, 6.45) is 3.83. The standard InChI is InChI=1S/C12H25NO3/c1-14-7-8-16-10-9-15-6-4-12-3-2-5-13-11-12/h12-13H,2-11H2,1H3/t12-/m1/s1. The van der Waals surface area contributed by atoms with Gasteiger partial charge in [0.05, 0.1) is 26.4 Å². The fourth-order valence-corrected chi connectivity index (χ4v) is 1.88. The predicted octanol–water partition coefficient (Wildman–Crippen LogP) is 1.06. The lowest BCUT2D eigenvalue weighted by molar-refractivity contribution is 0.0212. The van der Waals surface area contributed by atoms with Gasteiger partial charge in [0.1, 0.15) is 0 Å². The molecule has 0 aromatic heterocycles. The molecule has 0 aromatic rings. The maximum absolute atomic E-state index is 5.52. The summed E-state index contributed by atoms with van der Waals surface area (Å²) in [5.74, 6) is 0.808. The van der Waals surface area contributed by atoms with E-state index >= 15 is 0 Å². The third kappa shape index (κ3) is 7.17. The van der Waals surface area contributed by atoms with E-state index in [1.807, 2.05) is 0 Å². The van der Waals surface area contributed by atoms with Gasteiger partial charge in [-0.15, -0.1) is 0 Å². The van der Waals surface area contributed by atoms with Gasteiger partial charge in [0.25, 0.3) is 0 Å².